The molecule has 0 radical (unpaired) electrons. The highest BCUT2D eigenvalue weighted by Gasteiger charge is 2.33. The van der Waals surface area contributed by atoms with Crippen molar-refractivity contribution in [3.8, 4) is 16.9 Å². The third-order valence-electron chi connectivity index (χ3n) is 2.36. The van der Waals surface area contributed by atoms with Gasteiger partial charge in [0.2, 0.25) is 5.82 Å². The van der Waals surface area contributed by atoms with Gasteiger partial charge in [0.05, 0.1) is 0 Å². The van der Waals surface area contributed by atoms with Gasteiger partial charge in [-0.25, -0.2) is 4.39 Å². The molecule has 0 aliphatic carbocycles. The van der Waals surface area contributed by atoms with Crippen LogP contribution in [0.4, 0.5) is 22.0 Å². The Balaban J connectivity index is 2.44. The zero-order valence-electron chi connectivity index (χ0n) is 9.34. The summed E-state index contributed by atoms with van der Waals surface area (Å²) < 4.78 is 66.5. The van der Waals surface area contributed by atoms with Gasteiger partial charge >= 0.3 is 6.36 Å². The molecule has 2 aromatic rings. The van der Waals surface area contributed by atoms with Crippen LogP contribution in [0.5, 0.6) is 5.75 Å². The molecule has 0 saturated carbocycles. The molecular weight excluding hydrogens is 267 g/mol. The predicted molar refractivity (Wildman–Crippen MR) is 58.5 cm³/mol. The van der Waals surface area contributed by atoms with Crippen LogP contribution >= 0.6 is 0 Å². The quantitative estimate of drug-likeness (QED) is 0.731. The topological polar surface area (TPSA) is 9.23 Å². The first kappa shape index (κ1) is 13.3. The number of alkyl halides is 3. The number of hydrogen-bond acceptors (Lipinski definition) is 1. The summed E-state index contributed by atoms with van der Waals surface area (Å²) in [4.78, 5) is 0. The Morgan fingerprint density at radius 2 is 1.42 bits per heavy atom. The summed E-state index contributed by atoms with van der Waals surface area (Å²) in [6.07, 6.45) is -5.07. The Kier molecular flexibility index (Phi) is 3.42. The van der Waals surface area contributed by atoms with E-state index in [1.54, 1.807) is 18.2 Å². The van der Waals surface area contributed by atoms with E-state index in [1.807, 2.05) is 0 Å². The van der Waals surface area contributed by atoms with E-state index in [-0.39, 0.29) is 5.56 Å². The third-order valence-corrected chi connectivity index (χ3v) is 2.36. The van der Waals surface area contributed by atoms with Crippen molar-refractivity contribution >= 4 is 0 Å². The largest absolute Gasteiger partial charge is 0.573 e. The van der Waals surface area contributed by atoms with Crippen molar-refractivity contribution in [3.63, 3.8) is 0 Å². The van der Waals surface area contributed by atoms with E-state index in [4.69, 9.17) is 0 Å². The summed E-state index contributed by atoms with van der Waals surface area (Å²) >= 11 is 0. The molecule has 0 unspecified atom stereocenters. The smallest absolute Gasteiger partial charge is 0.403 e. The molecule has 6 heteroatoms. The Morgan fingerprint density at radius 1 is 0.789 bits per heavy atom. The van der Waals surface area contributed by atoms with Crippen molar-refractivity contribution in [1.82, 2.24) is 0 Å². The van der Waals surface area contributed by atoms with Gasteiger partial charge in [0.15, 0.2) is 11.6 Å². The molecule has 1 nitrogen and oxygen atoms in total. The minimum absolute atomic E-state index is 0.132. The van der Waals surface area contributed by atoms with Crippen LogP contribution in [-0.4, -0.2) is 6.36 Å². The molecule has 0 amide bonds. The van der Waals surface area contributed by atoms with Crippen molar-refractivity contribution < 1.29 is 26.7 Å². The van der Waals surface area contributed by atoms with Gasteiger partial charge in [0, 0.05) is 5.56 Å². The maximum Gasteiger partial charge on any atom is 0.573 e. The summed E-state index contributed by atoms with van der Waals surface area (Å²) in [6.45, 7) is 0. The third kappa shape index (κ3) is 3.01. The van der Waals surface area contributed by atoms with Crippen LogP contribution in [0, 0.1) is 11.6 Å². The van der Waals surface area contributed by atoms with Crippen molar-refractivity contribution in [2.75, 3.05) is 0 Å². The van der Waals surface area contributed by atoms with E-state index in [2.05, 4.69) is 4.74 Å². The van der Waals surface area contributed by atoms with Crippen LogP contribution in [0.2, 0.25) is 0 Å². The van der Waals surface area contributed by atoms with Gasteiger partial charge in [-0.15, -0.1) is 13.2 Å². The zero-order valence-corrected chi connectivity index (χ0v) is 9.34. The number of rotatable bonds is 2. The van der Waals surface area contributed by atoms with E-state index in [0.717, 1.165) is 12.1 Å². The molecule has 0 heterocycles. The molecule has 0 atom stereocenters. The van der Waals surface area contributed by atoms with Crippen LogP contribution in [0.1, 0.15) is 0 Å². The van der Waals surface area contributed by atoms with Crippen LogP contribution in [0.15, 0.2) is 42.5 Å². The summed E-state index contributed by atoms with van der Waals surface area (Å²) in [6, 6.07) is 9.70. The molecule has 0 bridgehead atoms. The van der Waals surface area contributed by atoms with Crippen molar-refractivity contribution in [3.05, 3.63) is 54.1 Å². The Bertz CT molecular complexity index is 578. The highest BCUT2D eigenvalue weighted by molar-refractivity contribution is 5.65. The van der Waals surface area contributed by atoms with Gasteiger partial charge in [-0.05, 0) is 17.7 Å². The molecule has 2 rings (SSSR count). The van der Waals surface area contributed by atoms with Crippen LogP contribution in [0.3, 0.4) is 0 Å². The molecule has 0 saturated heterocycles. The Morgan fingerprint density at radius 3 is 2.00 bits per heavy atom. The van der Waals surface area contributed by atoms with E-state index >= 15 is 0 Å². The van der Waals surface area contributed by atoms with E-state index in [9.17, 15) is 22.0 Å². The fourth-order valence-electron chi connectivity index (χ4n) is 1.58. The number of ether oxygens (including phenoxy) is 1. The summed E-state index contributed by atoms with van der Waals surface area (Å²) in [5.41, 5.74) is 0.227. The van der Waals surface area contributed by atoms with E-state index < -0.39 is 23.7 Å². The lowest BCUT2D eigenvalue weighted by atomic mass is 10.0. The number of hydrogen-bond donors (Lipinski definition) is 0. The second kappa shape index (κ2) is 4.87. The fraction of sp³-hybridized carbons (Fsp3) is 0.0769. The standard InChI is InChI=1S/C13H7F5O/c14-11-9(8-4-2-1-3-5-8)6-7-10(12(11)15)19-13(16,17)18/h1-7H. The minimum atomic E-state index is -5.07. The van der Waals surface area contributed by atoms with Crippen molar-refractivity contribution in [2.24, 2.45) is 0 Å². The van der Waals surface area contributed by atoms with Crippen LogP contribution in [-0.2, 0) is 0 Å². The molecule has 0 spiro atoms. The SMILES string of the molecule is Fc1c(OC(F)(F)F)ccc(-c2ccccc2)c1F. The first-order valence-electron chi connectivity index (χ1n) is 5.17. The highest BCUT2D eigenvalue weighted by Crippen LogP contribution is 2.32. The zero-order chi connectivity index (χ0) is 14.0. The second-order valence-electron chi connectivity index (χ2n) is 3.65. The molecule has 0 aliphatic rings. The molecule has 2 aromatic carbocycles. The molecule has 0 fully saturated rings. The molecular formula is C13H7F5O. The summed E-state index contributed by atoms with van der Waals surface area (Å²) in [5.74, 6) is -4.24. The van der Waals surface area contributed by atoms with Gasteiger partial charge in [-0.3, -0.25) is 0 Å². The van der Waals surface area contributed by atoms with Gasteiger partial charge in [-0.1, -0.05) is 30.3 Å². The molecule has 100 valence electrons. The lowest BCUT2D eigenvalue weighted by Gasteiger charge is -2.11. The molecule has 0 aliphatic heterocycles. The summed E-state index contributed by atoms with van der Waals surface area (Å²) in [7, 11) is 0. The van der Waals surface area contributed by atoms with E-state index in [0.29, 0.717) is 5.56 Å². The van der Waals surface area contributed by atoms with Gasteiger partial charge in [0.25, 0.3) is 0 Å². The molecule has 0 N–H and O–H groups in total. The molecule has 19 heavy (non-hydrogen) atoms. The first-order valence-corrected chi connectivity index (χ1v) is 5.17. The normalized spacial score (nSPS) is 11.4. The van der Waals surface area contributed by atoms with Gasteiger partial charge in [0.1, 0.15) is 0 Å². The minimum Gasteiger partial charge on any atom is -0.403 e. The lowest BCUT2D eigenvalue weighted by Crippen LogP contribution is -2.18. The first-order chi connectivity index (χ1) is 8.88. The predicted octanol–water partition coefficient (Wildman–Crippen LogP) is 4.53. The Labute approximate surface area is 105 Å². The van der Waals surface area contributed by atoms with Gasteiger partial charge < -0.3 is 4.74 Å². The second-order valence-corrected chi connectivity index (χ2v) is 3.65. The Hall–Kier alpha value is -2.11. The maximum atomic E-state index is 13.7. The lowest BCUT2D eigenvalue weighted by molar-refractivity contribution is -0.275. The monoisotopic (exact) mass is 274 g/mol. The fourth-order valence-corrected chi connectivity index (χ4v) is 1.58. The maximum absolute atomic E-state index is 13.7. The van der Waals surface area contributed by atoms with Crippen LogP contribution in [0.25, 0.3) is 11.1 Å². The van der Waals surface area contributed by atoms with Crippen LogP contribution < -0.4 is 4.74 Å². The highest BCUT2D eigenvalue weighted by atomic mass is 19.4. The van der Waals surface area contributed by atoms with Gasteiger partial charge in [-0.2, -0.15) is 4.39 Å². The average molecular weight is 274 g/mol. The van der Waals surface area contributed by atoms with Crippen molar-refractivity contribution in [1.29, 1.82) is 0 Å². The van der Waals surface area contributed by atoms with Crippen molar-refractivity contribution in [2.45, 2.75) is 6.36 Å². The average Bonchev–Trinajstić information content (AvgIpc) is 2.35. The number of halogens is 5. The number of benzene rings is 2. The summed E-state index contributed by atoms with van der Waals surface area (Å²) in [5, 5.41) is 0. The van der Waals surface area contributed by atoms with E-state index in [1.165, 1.54) is 12.1 Å². The molecule has 0 aromatic heterocycles.